The highest BCUT2D eigenvalue weighted by Crippen LogP contribution is 2.32. The third-order valence-electron chi connectivity index (χ3n) is 1.77. The second kappa shape index (κ2) is 5.07. The van der Waals surface area contributed by atoms with E-state index in [2.05, 4.69) is 4.74 Å². The topological polar surface area (TPSA) is 38.7 Å². The summed E-state index contributed by atoms with van der Waals surface area (Å²) >= 11 is 0. The zero-order valence-electron chi connectivity index (χ0n) is 8.54. The number of alkyl halides is 3. The van der Waals surface area contributed by atoms with Crippen molar-refractivity contribution in [1.29, 1.82) is 0 Å². The summed E-state index contributed by atoms with van der Waals surface area (Å²) in [5.41, 5.74) is -0.0123. The van der Waals surface area contributed by atoms with Crippen molar-refractivity contribution in [3.63, 3.8) is 0 Å². The van der Waals surface area contributed by atoms with Gasteiger partial charge in [0.15, 0.2) is 0 Å². The van der Waals surface area contributed by atoms with Crippen molar-refractivity contribution in [2.24, 2.45) is 0 Å². The normalized spacial score (nSPS) is 11.3. The lowest BCUT2D eigenvalue weighted by atomic mass is 10.2. The summed E-state index contributed by atoms with van der Waals surface area (Å²) in [5.74, 6) is -0.257. The first-order chi connectivity index (χ1) is 7.48. The zero-order valence-corrected chi connectivity index (χ0v) is 8.54. The maximum atomic E-state index is 12.0. The first-order valence-electron chi connectivity index (χ1n) is 4.59. The predicted octanol–water partition coefficient (Wildman–Crippen LogP) is 2.48. The van der Waals surface area contributed by atoms with Crippen LogP contribution in [-0.4, -0.2) is 18.1 Å². The number of aliphatic hydroxyl groups is 1. The summed E-state index contributed by atoms with van der Waals surface area (Å²) in [6.07, 6.45) is -4.78. The molecule has 0 aliphatic heterocycles. The molecule has 0 aliphatic carbocycles. The van der Waals surface area contributed by atoms with Gasteiger partial charge < -0.3 is 14.6 Å². The maximum absolute atomic E-state index is 12.0. The van der Waals surface area contributed by atoms with Crippen LogP contribution in [0.5, 0.6) is 11.5 Å². The molecule has 1 rings (SSSR count). The van der Waals surface area contributed by atoms with E-state index in [9.17, 15) is 13.2 Å². The van der Waals surface area contributed by atoms with Crippen molar-refractivity contribution in [2.45, 2.75) is 19.9 Å². The van der Waals surface area contributed by atoms with Gasteiger partial charge in [0.05, 0.1) is 18.8 Å². The highest BCUT2D eigenvalue weighted by Gasteiger charge is 2.32. The Balaban J connectivity index is 3.04. The van der Waals surface area contributed by atoms with E-state index in [0.717, 1.165) is 6.07 Å². The SMILES string of the molecule is CCOc1cccc(OC(F)(F)F)c1CO. The Hall–Kier alpha value is -1.43. The van der Waals surface area contributed by atoms with Gasteiger partial charge in [-0.25, -0.2) is 0 Å². The molecule has 1 aromatic carbocycles. The molecule has 0 amide bonds. The molecule has 0 unspecified atom stereocenters. The first kappa shape index (κ1) is 12.6. The van der Waals surface area contributed by atoms with E-state index >= 15 is 0 Å². The molecule has 0 bridgehead atoms. The van der Waals surface area contributed by atoms with Crippen LogP contribution in [0.1, 0.15) is 12.5 Å². The zero-order chi connectivity index (χ0) is 12.2. The van der Waals surface area contributed by atoms with Crippen LogP contribution in [0.2, 0.25) is 0 Å². The number of ether oxygens (including phenoxy) is 2. The average Bonchev–Trinajstić information content (AvgIpc) is 2.16. The fourth-order valence-corrected chi connectivity index (χ4v) is 1.21. The predicted molar refractivity (Wildman–Crippen MR) is 50.2 cm³/mol. The third-order valence-corrected chi connectivity index (χ3v) is 1.77. The first-order valence-corrected chi connectivity index (χ1v) is 4.59. The lowest BCUT2D eigenvalue weighted by Gasteiger charge is -2.15. The maximum Gasteiger partial charge on any atom is 0.573 e. The molecule has 0 saturated heterocycles. The quantitative estimate of drug-likeness (QED) is 0.872. The van der Waals surface area contributed by atoms with Gasteiger partial charge in [0, 0.05) is 0 Å². The summed E-state index contributed by atoms with van der Waals surface area (Å²) in [5, 5.41) is 9.00. The Labute approximate surface area is 90.4 Å². The standard InChI is InChI=1S/C10H11F3O3/c1-2-15-8-4-3-5-9(7(8)6-14)16-10(11,12)13/h3-5,14H,2,6H2,1H3. The van der Waals surface area contributed by atoms with Crippen LogP contribution in [0.3, 0.4) is 0 Å². The second-order valence-electron chi connectivity index (χ2n) is 2.87. The molecule has 1 N–H and O–H groups in total. The summed E-state index contributed by atoms with van der Waals surface area (Å²) < 4.78 is 44.9. The molecule has 16 heavy (non-hydrogen) atoms. The van der Waals surface area contributed by atoms with Crippen molar-refractivity contribution in [2.75, 3.05) is 6.61 Å². The Morgan fingerprint density at radius 3 is 2.38 bits per heavy atom. The van der Waals surface area contributed by atoms with Crippen LogP contribution in [-0.2, 0) is 6.61 Å². The molecule has 0 fully saturated rings. The molecule has 0 heterocycles. The Kier molecular flexibility index (Phi) is 4.00. The second-order valence-corrected chi connectivity index (χ2v) is 2.87. The molecule has 0 spiro atoms. The summed E-state index contributed by atoms with van der Waals surface area (Å²) in [6.45, 7) is 1.41. The minimum Gasteiger partial charge on any atom is -0.493 e. The van der Waals surface area contributed by atoms with Crippen molar-refractivity contribution in [3.05, 3.63) is 23.8 Å². The lowest BCUT2D eigenvalue weighted by Crippen LogP contribution is -2.18. The van der Waals surface area contributed by atoms with Crippen LogP contribution in [0, 0.1) is 0 Å². The molecule has 0 saturated carbocycles. The van der Waals surface area contributed by atoms with Gasteiger partial charge in [-0.05, 0) is 19.1 Å². The molecule has 90 valence electrons. The lowest BCUT2D eigenvalue weighted by molar-refractivity contribution is -0.275. The van der Waals surface area contributed by atoms with E-state index in [1.54, 1.807) is 6.92 Å². The molecule has 0 aromatic heterocycles. The highest BCUT2D eigenvalue weighted by atomic mass is 19.4. The third kappa shape index (κ3) is 3.30. The van der Waals surface area contributed by atoms with Gasteiger partial charge in [0.2, 0.25) is 0 Å². The largest absolute Gasteiger partial charge is 0.573 e. The minimum atomic E-state index is -4.78. The molecule has 0 radical (unpaired) electrons. The van der Waals surface area contributed by atoms with Crippen molar-refractivity contribution in [1.82, 2.24) is 0 Å². The van der Waals surface area contributed by atoms with E-state index < -0.39 is 18.7 Å². The highest BCUT2D eigenvalue weighted by molar-refractivity contribution is 5.44. The number of halogens is 3. The number of aliphatic hydroxyl groups excluding tert-OH is 1. The van der Waals surface area contributed by atoms with Crippen LogP contribution in [0.25, 0.3) is 0 Å². The summed E-state index contributed by atoms with van der Waals surface area (Å²) in [6, 6.07) is 3.96. The van der Waals surface area contributed by atoms with Gasteiger partial charge in [-0.15, -0.1) is 13.2 Å². The van der Waals surface area contributed by atoms with Gasteiger partial charge in [-0.1, -0.05) is 6.07 Å². The number of rotatable bonds is 4. The number of hydrogen-bond donors (Lipinski definition) is 1. The van der Waals surface area contributed by atoms with Gasteiger partial charge in [0.25, 0.3) is 0 Å². The number of benzene rings is 1. The smallest absolute Gasteiger partial charge is 0.493 e. The van der Waals surface area contributed by atoms with Crippen molar-refractivity contribution >= 4 is 0 Å². The van der Waals surface area contributed by atoms with Crippen LogP contribution < -0.4 is 9.47 Å². The van der Waals surface area contributed by atoms with Crippen molar-refractivity contribution in [3.8, 4) is 11.5 Å². The van der Waals surface area contributed by atoms with Crippen LogP contribution in [0.15, 0.2) is 18.2 Å². The molecular formula is C10H11F3O3. The molecule has 0 aliphatic rings. The van der Waals surface area contributed by atoms with E-state index in [0.29, 0.717) is 6.61 Å². The summed E-state index contributed by atoms with van der Waals surface area (Å²) in [4.78, 5) is 0. The molecule has 3 nitrogen and oxygen atoms in total. The van der Waals surface area contributed by atoms with Crippen LogP contribution >= 0.6 is 0 Å². The van der Waals surface area contributed by atoms with E-state index in [1.165, 1.54) is 12.1 Å². The fraction of sp³-hybridized carbons (Fsp3) is 0.400. The average molecular weight is 236 g/mol. The molecule has 6 heteroatoms. The molecule has 1 aromatic rings. The Bertz CT molecular complexity index is 350. The fourth-order valence-electron chi connectivity index (χ4n) is 1.21. The Morgan fingerprint density at radius 1 is 1.25 bits per heavy atom. The van der Waals surface area contributed by atoms with E-state index in [4.69, 9.17) is 9.84 Å². The van der Waals surface area contributed by atoms with Gasteiger partial charge in [0.1, 0.15) is 11.5 Å². The monoisotopic (exact) mass is 236 g/mol. The minimum absolute atomic E-state index is 0.0123. The van der Waals surface area contributed by atoms with Crippen molar-refractivity contribution < 1.29 is 27.8 Å². The van der Waals surface area contributed by atoms with E-state index in [1.807, 2.05) is 0 Å². The summed E-state index contributed by atoms with van der Waals surface area (Å²) in [7, 11) is 0. The number of hydrogen-bond acceptors (Lipinski definition) is 3. The van der Waals surface area contributed by atoms with Gasteiger partial charge in [-0.2, -0.15) is 0 Å². The van der Waals surface area contributed by atoms with E-state index in [-0.39, 0.29) is 11.3 Å². The Morgan fingerprint density at radius 2 is 1.88 bits per heavy atom. The van der Waals surface area contributed by atoms with Gasteiger partial charge >= 0.3 is 6.36 Å². The molecular weight excluding hydrogens is 225 g/mol. The molecule has 0 atom stereocenters. The van der Waals surface area contributed by atoms with Gasteiger partial charge in [-0.3, -0.25) is 0 Å². The van der Waals surface area contributed by atoms with Crippen LogP contribution in [0.4, 0.5) is 13.2 Å².